The minimum Gasteiger partial charge on any atom is -0.497 e. The molecule has 34 heavy (non-hydrogen) atoms. The van der Waals surface area contributed by atoms with Crippen molar-refractivity contribution in [3.8, 4) is 5.75 Å². The van der Waals surface area contributed by atoms with E-state index in [0.717, 1.165) is 0 Å². The van der Waals surface area contributed by atoms with Crippen LogP contribution in [0, 0.1) is 0 Å². The third kappa shape index (κ3) is 3.74. The topological polar surface area (TPSA) is 90.0 Å². The lowest BCUT2D eigenvalue weighted by Crippen LogP contribution is -2.72. The van der Waals surface area contributed by atoms with Crippen molar-refractivity contribution in [2.75, 3.05) is 19.1 Å². The molecule has 0 unspecified atom stereocenters. The Morgan fingerprint density at radius 1 is 0.912 bits per heavy atom. The molecule has 3 aromatic carbocycles. The highest BCUT2D eigenvalue weighted by Gasteiger charge is 2.69. The van der Waals surface area contributed by atoms with E-state index in [1.807, 2.05) is 6.07 Å². The van der Waals surface area contributed by atoms with E-state index in [1.54, 1.807) is 73.8 Å². The maximum absolute atomic E-state index is 14.1. The predicted octanol–water partition coefficient (Wildman–Crippen LogP) is 3.95. The first kappa shape index (κ1) is 23.5. The summed E-state index contributed by atoms with van der Waals surface area (Å²) in [7, 11) is -1.41. The number of carbonyl (C=O) groups excluding carboxylic acids is 2. The number of amides is 1. The highest BCUT2D eigenvalue weighted by molar-refractivity contribution is 7.94. The molecule has 1 aliphatic heterocycles. The molecule has 3 aromatic rings. The van der Waals surface area contributed by atoms with E-state index in [1.165, 1.54) is 24.1 Å². The molecule has 0 bridgehead atoms. The number of methoxy groups -OCH3 is 2. The normalized spacial score (nSPS) is 19.9. The Bertz CT molecular complexity index is 1280. The van der Waals surface area contributed by atoms with Gasteiger partial charge in [-0.15, -0.1) is 0 Å². The zero-order valence-corrected chi connectivity index (χ0v) is 19.7. The Labute approximate surface area is 198 Å². The van der Waals surface area contributed by atoms with Crippen molar-refractivity contribution in [1.29, 1.82) is 0 Å². The average molecular weight is 480 g/mol. The molecule has 0 saturated carbocycles. The number of hydrogen-bond acceptors (Lipinski definition) is 6. The summed E-state index contributed by atoms with van der Waals surface area (Å²) in [6.07, 6.45) is -0.421. The van der Waals surface area contributed by atoms with Crippen molar-refractivity contribution < 1.29 is 27.5 Å². The van der Waals surface area contributed by atoms with Crippen LogP contribution in [0.15, 0.2) is 89.8 Å². The number of carbonyl (C=O) groups is 2. The highest BCUT2D eigenvalue weighted by Crippen LogP contribution is 2.55. The molecule has 0 radical (unpaired) electrons. The molecule has 0 N–H and O–H groups in total. The van der Waals surface area contributed by atoms with Crippen LogP contribution in [0.1, 0.15) is 24.4 Å². The Hall–Kier alpha value is -3.65. The van der Waals surface area contributed by atoms with Crippen LogP contribution >= 0.6 is 0 Å². The summed E-state index contributed by atoms with van der Waals surface area (Å²) in [5, 5.41) is 0. The first-order chi connectivity index (χ1) is 16.4. The lowest BCUT2D eigenvalue weighted by molar-refractivity contribution is -0.141. The molecule has 1 heterocycles. The van der Waals surface area contributed by atoms with Gasteiger partial charge in [0.1, 0.15) is 5.75 Å². The number of ether oxygens (including phenoxy) is 2. The van der Waals surface area contributed by atoms with Gasteiger partial charge in [-0.1, -0.05) is 48.5 Å². The van der Waals surface area contributed by atoms with Gasteiger partial charge in [0.15, 0.2) is 14.6 Å². The lowest BCUT2D eigenvalue weighted by Gasteiger charge is -2.55. The Balaban J connectivity index is 1.91. The summed E-state index contributed by atoms with van der Waals surface area (Å²) >= 11 is 0. The Kier molecular flexibility index (Phi) is 6.43. The van der Waals surface area contributed by atoms with Crippen molar-refractivity contribution in [3.63, 3.8) is 0 Å². The fourth-order valence-electron chi connectivity index (χ4n) is 4.48. The SMILES string of the molecule is COC(=O)CC[C@@]1(S(=O)(=O)c2ccccc2)C(=O)N(c2ccc(OC)cc2)[C@@H]1c1ccccc1. The van der Waals surface area contributed by atoms with Gasteiger partial charge in [0.2, 0.25) is 0 Å². The van der Waals surface area contributed by atoms with Crippen molar-refractivity contribution in [2.45, 2.75) is 28.5 Å². The molecule has 4 rings (SSSR count). The molecule has 0 aromatic heterocycles. The minimum atomic E-state index is -4.19. The van der Waals surface area contributed by atoms with Crippen LogP contribution in [0.3, 0.4) is 0 Å². The van der Waals surface area contributed by atoms with Crippen molar-refractivity contribution in [1.82, 2.24) is 0 Å². The van der Waals surface area contributed by atoms with Crippen molar-refractivity contribution in [3.05, 3.63) is 90.5 Å². The van der Waals surface area contributed by atoms with Gasteiger partial charge < -0.3 is 14.4 Å². The summed E-state index contributed by atoms with van der Waals surface area (Å²) in [6, 6.07) is 22.9. The maximum atomic E-state index is 14.1. The fourth-order valence-corrected chi connectivity index (χ4v) is 6.65. The lowest BCUT2D eigenvalue weighted by atomic mass is 9.78. The largest absolute Gasteiger partial charge is 0.497 e. The highest BCUT2D eigenvalue weighted by atomic mass is 32.2. The van der Waals surface area contributed by atoms with Crippen molar-refractivity contribution in [2.24, 2.45) is 0 Å². The molecule has 0 aliphatic carbocycles. The van der Waals surface area contributed by atoms with E-state index in [0.29, 0.717) is 17.0 Å². The number of nitrogens with zero attached hydrogens (tertiary/aromatic N) is 1. The van der Waals surface area contributed by atoms with Gasteiger partial charge in [-0.25, -0.2) is 8.42 Å². The average Bonchev–Trinajstić information content (AvgIpc) is 2.88. The number of hydrogen-bond donors (Lipinski definition) is 0. The summed E-state index contributed by atoms with van der Waals surface area (Å²) in [4.78, 5) is 27.5. The standard InChI is InChI=1S/C26H25NO6S/c1-32-21-15-13-20(14-16-21)27-24(19-9-5-3-6-10-19)26(25(27)29,18-17-23(28)33-2)34(30,31)22-11-7-4-8-12-22/h3-16,24H,17-18H2,1-2H3/t24-,26+/m1/s1. The van der Waals surface area contributed by atoms with Gasteiger partial charge >= 0.3 is 5.97 Å². The smallest absolute Gasteiger partial charge is 0.305 e. The van der Waals surface area contributed by atoms with Crippen molar-refractivity contribution >= 4 is 27.4 Å². The van der Waals surface area contributed by atoms with Crippen LogP contribution in [-0.4, -0.2) is 39.3 Å². The van der Waals surface area contributed by atoms with E-state index in [-0.39, 0.29) is 17.7 Å². The molecule has 1 amide bonds. The summed E-state index contributed by atoms with van der Waals surface area (Å²) in [5.41, 5.74) is 1.19. The summed E-state index contributed by atoms with van der Waals surface area (Å²) in [5.74, 6) is -0.550. The van der Waals surface area contributed by atoms with E-state index in [9.17, 15) is 18.0 Å². The monoisotopic (exact) mass is 479 g/mol. The second kappa shape index (κ2) is 9.30. The quantitative estimate of drug-likeness (QED) is 0.359. The first-order valence-electron chi connectivity index (χ1n) is 10.8. The molecular formula is C26H25NO6S. The van der Waals surface area contributed by atoms with Gasteiger partial charge in [-0.3, -0.25) is 9.59 Å². The van der Waals surface area contributed by atoms with Gasteiger partial charge in [-0.05, 0) is 48.4 Å². The number of β-lactam (4-membered cyclic amide) rings is 1. The Morgan fingerprint density at radius 3 is 2.06 bits per heavy atom. The zero-order valence-electron chi connectivity index (χ0n) is 18.9. The van der Waals surface area contributed by atoms with Gasteiger partial charge in [0, 0.05) is 12.1 Å². The van der Waals surface area contributed by atoms with E-state index in [2.05, 4.69) is 0 Å². The van der Waals surface area contributed by atoms with Crippen LogP contribution in [0.4, 0.5) is 5.69 Å². The van der Waals surface area contributed by atoms with E-state index >= 15 is 0 Å². The van der Waals surface area contributed by atoms with Gasteiger partial charge in [0.25, 0.3) is 5.91 Å². The number of benzene rings is 3. The molecule has 176 valence electrons. The van der Waals surface area contributed by atoms with E-state index < -0.39 is 32.5 Å². The third-order valence-electron chi connectivity index (χ3n) is 6.21. The molecular weight excluding hydrogens is 454 g/mol. The van der Waals surface area contributed by atoms with E-state index in [4.69, 9.17) is 9.47 Å². The second-order valence-electron chi connectivity index (χ2n) is 7.97. The van der Waals surface area contributed by atoms with Crippen LogP contribution < -0.4 is 9.64 Å². The number of sulfone groups is 1. The Morgan fingerprint density at radius 2 is 1.50 bits per heavy atom. The molecule has 7 nitrogen and oxygen atoms in total. The maximum Gasteiger partial charge on any atom is 0.305 e. The van der Waals surface area contributed by atoms with Gasteiger partial charge in [-0.2, -0.15) is 0 Å². The molecule has 0 spiro atoms. The second-order valence-corrected chi connectivity index (χ2v) is 10.2. The molecule has 1 saturated heterocycles. The zero-order chi connectivity index (χ0) is 24.3. The van der Waals surface area contributed by atoms with Crippen LogP contribution in [0.2, 0.25) is 0 Å². The molecule has 1 aliphatic rings. The molecule has 8 heteroatoms. The van der Waals surface area contributed by atoms with Crippen LogP contribution in [0.25, 0.3) is 0 Å². The minimum absolute atomic E-state index is 0.0310. The number of rotatable bonds is 8. The van der Waals surface area contributed by atoms with Gasteiger partial charge in [0.05, 0.1) is 25.2 Å². The predicted molar refractivity (Wildman–Crippen MR) is 127 cm³/mol. The fraction of sp³-hybridized carbons (Fsp3) is 0.231. The third-order valence-corrected chi connectivity index (χ3v) is 8.66. The number of esters is 1. The first-order valence-corrected chi connectivity index (χ1v) is 12.2. The summed E-state index contributed by atoms with van der Waals surface area (Å²) in [6.45, 7) is 0. The van der Waals surface area contributed by atoms with Crippen LogP contribution in [0.5, 0.6) is 5.75 Å². The molecule has 2 atom stereocenters. The van der Waals surface area contributed by atoms with Crippen LogP contribution in [-0.2, 0) is 24.2 Å². The number of anilines is 1. The molecule has 1 fully saturated rings. The summed E-state index contributed by atoms with van der Waals surface area (Å²) < 4.78 is 36.3.